The minimum absolute atomic E-state index is 0.237. The first-order valence-electron chi connectivity index (χ1n) is 5.67. The lowest BCUT2D eigenvalue weighted by Crippen LogP contribution is -2.41. The Bertz CT molecular complexity index is 323. The van der Waals surface area contributed by atoms with Crippen molar-refractivity contribution in [3.63, 3.8) is 0 Å². The molecular weight excluding hydrogens is 250 g/mol. The number of rotatable bonds is 2. The molecule has 0 aliphatic heterocycles. The zero-order valence-corrected chi connectivity index (χ0v) is 10.8. The average Bonchev–Trinajstić information content (AvgIpc) is 2.69. The topological polar surface area (TPSA) is 26.0 Å². The molecule has 1 aromatic carbocycles. The summed E-state index contributed by atoms with van der Waals surface area (Å²) in [5.74, 6) is 0. The van der Waals surface area contributed by atoms with Crippen molar-refractivity contribution < 1.29 is 0 Å². The first-order valence-corrected chi connectivity index (χ1v) is 6.46. The average molecular weight is 268 g/mol. The van der Waals surface area contributed by atoms with E-state index >= 15 is 0 Å². The molecule has 82 valence electrons. The van der Waals surface area contributed by atoms with Gasteiger partial charge >= 0.3 is 0 Å². The number of halogens is 1. The first kappa shape index (κ1) is 11.2. The standard InChI is InChI=1S/C13H18BrN/c1-10(15)13(8-2-3-9-13)11-4-6-12(14)7-5-11/h4-7,10H,2-3,8-9,15H2,1H3. The van der Waals surface area contributed by atoms with E-state index < -0.39 is 0 Å². The van der Waals surface area contributed by atoms with Crippen LogP contribution in [0.25, 0.3) is 0 Å². The fourth-order valence-corrected chi connectivity index (χ4v) is 3.06. The summed E-state index contributed by atoms with van der Waals surface area (Å²) in [5, 5.41) is 0. The molecule has 1 unspecified atom stereocenters. The molecule has 2 N–H and O–H groups in total. The summed E-state index contributed by atoms with van der Waals surface area (Å²) in [4.78, 5) is 0. The van der Waals surface area contributed by atoms with E-state index in [-0.39, 0.29) is 11.5 Å². The third kappa shape index (κ3) is 1.98. The van der Waals surface area contributed by atoms with Crippen LogP contribution in [0.15, 0.2) is 28.7 Å². The Morgan fingerprint density at radius 1 is 1.20 bits per heavy atom. The van der Waals surface area contributed by atoms with Gasteiger partial charge in [0, 0.05) is 15.9 Å². The largest absolute Gasteiger partial charge is 0.327 e. The van der Waals surface area contributed by atoms with Crippen LogP contribution in [0.2, 0.25) is 0 Å². The summed E-state index contributed by atoms with van der Waals surface area (Å²) >= 11 is 3.48. The molecule has 0 bridgehead atoms. The summed E-state index contributed by atoms with van der Waals surface area (Å²) in [6.45, 7) is 2.15. The van der Waals surface area contributed by atoms with E-state index in [4.69, 9.17) is 5.73 Å². The van der Waals surface area contributed by atoms with Gasteiger partial charge in [-0.3, -0.25) is 0 Å². The monoisotopic (exact) mass is 267 g/mol. The summed E-state index contributed by atoms with van der Waals surface area (Å²) in [5.41, 5.74) is 7.84. The van der Waals surface area contributed by atoms with Gasteiger partial charge in [-0.1, -0.05) is 40.9 Å². The third-order valence-corrected chi connectivity index (χ3v) is 4.32. The second-order valence-corrected chi connectivity index (χ2v) is 5.57. The molecule has 2 heteroatoms. The maximum Gasteiger partial charge on any atom is 0.0175 e. The van der Waals surface area contributed by atoms with Gasteiger partial charge in [0.05, 0.1) is 0 Å². The second kappa shape index (κ2) is 4.26. The summed E-state index contributed by atoms with van der Waals surface area (Å²) < 4.78 is 1.14. The predicted octanol–water partition coefficient (Wildman–Crippen LogP) is 3.61. The van der Waals surface area contributed by atoms with Crippen molar-refractivity contribution in [1.82, 2.24) is 0 Å². The lowest BCUT2D eigenvalue weighted by Gasteiger charge is -2.33. The zero-order chi connectivity index (χ0) is 10.9. The highest BCUT2D eigenvalue weighted by Gasteiger charge is 2.38. The van der Waals surface area contributed by atoms with Crippen molar-refractivity contribution in [2.24, 2.45) is 5.73 Å². The Hall–Kier alpha value is -0.340. The van der Waals surface area contributed by atoms with Crippen LogP contribution in [0.4, 0.5) is 0 Å². The Morgan fingerprint density at radius 2 is 1.73 bits per heavy atom. The van der Waals surface area contributed by atoms with Gasteiger partial charge in [0.15, 0.2) is 0 Å². The Morgan fingerprint density at radius 3 is 2.20 bits per heavy atom. The molecule has 0 spiro atoms. The van der Waals surface area contributed by atoms with Crippen molar-refractivity contribution in [2.45, 2.75) is 44.1 Å². The van der Waals surface area contributed by atoms with Crippen molar-refractivity contribution in [3.8, 4) is 0 Å². The molecule has 1 aliphatic rings. The summed E-state index contributed by atoms with van der Waals surface area (Å²) in [6, 6.07) is 8.94. The Kier molecular flexibility index (Phi) is 3.17. The van der Waals surface area contributed by atoms with Crippen LogP contribution in [0, 0.1) is 0 Å². The van der Waals surface area contributed by atoms with Crippen molar-refractivity contribution in [2.75, 3.05) is 0 Å². The molecule has 1 saturated carbocycles. The molecule has 0 radical (unpaired) electrons. The van der Waals surface area contributed by atoms with E-state index in [0.29, 0.717) is 0 Å². The van der Waals surface area contributed by atoms with E-state index in [9.17, 15) is 0 Å². The van der Waals surface area contributed by atoms with Crippen LogP contribution in [0.3, 0.4) is 0 Å². The SMILES string of the molecule is CC(N)C1(c2ccc(Br)cc2)CCCC1. The molecule has 15 heavy (non-hydrogen) atoms. The van der Waals surface area contributed by atoms with E-state index in [1.807, 2.05) is 0 Å². The molecule has 0 aromatic heterocycles. The summed E-state index contributed by atoms with van der Waals surface area (Å²) in [6.07, 6.45) is 5.12. The Labute approximate surface area is 100 Å². The van der Waals surface area contributed by atoms with Gasteiger partial charge in [0.1, 0.15) is 0 Å². The molecule has 0 amide bonds. The molecule has 2 rings (SSSR count). The zero-order valence-electron chi connectivity index (χ0n) is 9.17. The van der Waals surface area contributed by atoms with Gasteiger partial charge < -0.3 is 5.73 Å². The predicted molar refractivity (Wildman–Crippen MR) is 67.9 cm³/mol. The van der Waals surface area contributed by atoms with Crippen LogP contribution in [0.5, 0.6) is 0 Å². The van der Waals surface area contributed by atoms with E-state index in [1.54, 1.807) is 0 Å². The Balaban J connectivity index is 2.36. The highest BCUT2D eigenvalue weighted by molar-refractivity contribution is 9.10. The van der Waals surface area contributed by atoms with Crippen molar-refractivity contribution in [1.29, 1.82) is 0 Å². The highest BCUT2D eigenvalue weighted by atomic mass is 79.9. The molecule has 1 nitrogen and oxygen atoms in total. The minimum Gasteiger partial charge on any atom is -0.327 e. The first-order chi connectivity index (χ1) is 7.15. The molecular formula is C13H18BrN. The number of hydrogen-bond acceptors (Lipinski definition) is 1. The lowest BCUT2D eigenvalue weighted by molar-refractivity contribution is 0.368. The van der Waals surface area contributed by atoms with E-state index in [1.165, 1.54) is 31.2 Å². The maximum atomic E-state index is 6.19. The maximum absolute atomic E-state index is 6.19. The molecule has 1 aromatic rings. The molecule has 0 saturated heterocycles. The molecule has 1 fully saturated rings. The van der Waals surface area contributed by atoms with Gasteiger partial charge in [-0.25, -0.2) is 0 Å². The summed E-state index contributed by atoms with van der Waals surface area (Å²) in [7, 11) is 0. The second-order valence-electron chi connectivity index (χ2n) is 4.66. The fraction of sp³-hybridized carbons (Fsp3) is 0.538. The number of nitrogens with two attached hydrogens (primary N) is 1. The minimum atomic E-state index is 0.237. The number of hydrogen-bond donors (Lipinski definition) is 1. The van der Waals surface area contributed by atoms with Crippen LogP contribution >= 0.6 is 15.9 Å². The van der Waals surface area contributed by atoms with Crippen molar-refractivity contribution >= 4 is 15.9 Å². The van der Waals surface area contributed by atoms with E-state index in [2.05, 4.69) is 47.1 Å². The van der Waals surface area contributed by atoms with Gasteiger partial charge in [0.2, 0.25) is 0 Å². The van der Waals surface area contributed by atoms with Gasteiger partial charge in [0.25, 0.3) is 0 Å². The van der Waals surface area contributed by atoms with E-state index in [0.717, 1.165) is 4.47 Å². The molecule has 1 aliphatic carbocycles. The van der Waals surface area contributed by atoms with Crippen LogP contribution in [-0.4, -0.2) is 6.04 Å². The van der Waals surface area contributed by atoms with Gasteiger partial charge in [-0.15, -0.1) is 0 Å². The number of benzene rings is 1. The molecule has 1 atom stereocenters. The quantitative estimate of drug-likeness (QED) is 0.871. The van der Waals surface area contributed by atoms with Gasteiger partial charge in [-0.2, -0.15) is 0 Å². The normalized spacial score (nSPS) is 21.5. The fourth-order valence-electron chi connectivity index (χ4n) is 2.79. The van der Waals surface area contributed by atoms with Crippen LogP contribution in [0.1, 0.15) is 38.2 Å². The van der Waals surface area contributed by atoms with Crippen LogP contribution < -0.4 is 5.73 Å². The van der Waals surface area contributed by atoms with Crippen LogP contribution in [-0.2, 0) is 5.41 Å². The van der Waals surface area contributed by atoms with Crippen molar-refractivity contribution in [3.05, 3.63) is 34.3 Å². The van der Waals surface area contributed by atoms with Gasteiger partial charge in [-0.05, 0) is 37.5 Å². The molecule has 0 heterocycles. The lowest BCUT2D eigenvalue weighted by atomic mass is 9.74. The third-order valence-electron chi connectivity index (χ3n) is 3.79. The smallest absolute Gasteiger partial charge is 0.0175 e. The highest BCUT2D eigenvalue weighted by Crippen LogP contribution is 2.43.